The zero-order valence-electron chi connectivity index (χ0n) is 13.7. The van der Waals surface area contributed by atoms with Crippen LogP contribution in [0.2, 0.25) is 0 Å². The highest BCUT2D eigenvalue weighted by molar-refractivity contribution is 4.89. The Labute approximate surface area is 130 Å². The number of nitrogens with zero attached hydrogens (tertiary/aromatic N) is 2. The highest BCUT2D eigenvalue weighted by Crippen LogP contribution is 2.23. The largest absolute Gasteiger partial charge is 0.381 e. The van der Waals surface area contributed by atoms with E-state index < -0.39 is 0 Å². The molecule has 3 atom stereocenters. The first-order valence-electron chi connectivity index (χ1n) is 9.14. The molecule has 3 saturated heterocycles. The summed E-state index contributed by atoms with van der Waals surface area (Å²) in [4.78, 5) is 5.45. The molecule has 3 heterocycles. The van der Waals surface area contributed by atoms with Crippen LogP contribution in [0.4, 0.5) is 0 Å². The van der Waals surface area contributed by atoms with E-state index in [9.17, 15) is 0 Å². The molecule has 4 heteroatoms. The maximum absolute atomic E-state index is 5.63. The van der Waals surface area contributed by atoms with Gasteiger partial charge in [0.2, 0.25) is 0 Å². The van der Waals surface area contributed by atoms with Gasteiger partial charge in [0.05, 0.1) is 6.61 Å². The summed E-state index contributed by atoms with van der Waals surface area (Å²) in [7, 11) is 0. The van der Waals surface area contributed by atoms with Gasteiger partial charge in [0, 0.05) is 50.8 Å². The van der Waals surface area contributed by atoms with E-state index >= 15 is 0 Å². The van der Waals surface area contributed by atoms with Gasteiger partial charge in [0.15, 0.2) is 0 Å². The minimum Gasteiger partial charge on any atom is -0.381 e. The van der Waals surface area contributed by atoms with E-state index in [1.165, 1.54) is 64.8 Å². The minimum atomic E-state index is 0.627. The molecule has 1 N–H and O–H groups in total. The van der Waals surface area contributed by atoms with E-state index in [0.29, 0.717) is 6.04 Å². The number of nitrogens with one attached hydrogen (secondary N) is 1. The van der Waals surface area contributed by atoms with Gasteiger partial charge in [0.25, 0.3) is 0 Å². The molecular weight excluding hydrogens is 262 g/mol. The summed E-state index contributed by atoms with van der Waals surface area (Å²) in [5.74, 6) is 0.723. The molecule has 4 nitrogen and oxygen atoms in total. The maximum atomic E-state index is 5.63. The molecule has 3 fully saturated rings. The molecule has 0 amide bonds. The summed E-state index contributed by atoms with van der Waals surface area (Å²) in [5.41, 5.74) is 0. The first-order chi connectivity index (χ1) is 10.4. The van der Waals surface area contributed by atoms with Gasteiger partial charge >= 0.3 is 0 Å². The van der Waals surface area contributed by atoms with Crippen molar-refractivity contribution in [1.29, 1.82) is 0 Å². The third kappa shape index (κ3) is 4.19. The molecule has 0 spiro atoms. The zero-order valence-corrected chi connectivity index (χ0v) is 13.7. The summed E-state index contributed by atoms with van der Waals surface area (Å²) in [6.45, 7) is 11.7. The highest BCUT2D eigenvalue weighted by Gasteiger charge is 2.32. The van der Waals surface area contributed by atoms with Gasteiger partial charge in [-0.1, -0.05) is 13.3 Å². The Balaban J connectivity index is 1.52. The third-order valence-corrected chi connectivity index (χ3v) is 5.57. The van der Waals surface area contributed by atoms with Crippen LogP contribution in [0, 0.1) is 5.92 Å². The predicted molar refractivity (Wildman–Crippen MR) is 86.7 cm³/mol. The lowest BCUT2D eigenvalue weighted by molar-refractivity contribution is 0.0402. The van der Waals surface area contributed by atoms with Crippen molar-refractivity contribution < 1.29 is 4.74 Å². The normalized spacial score (nSPS) is 33.0. The first-order valence-corrected chi connectivity index (χ1v) is 9.14. The second-order valence-corrected chi connectivity index (χ2v) is 7.13. The zero-order chi connectivity index (χ0) is 14.5. The van der Waals surface area contributed by atoms with Crippen LogP contribution in [-0.2, 0) is 4.74 Å². The van der Waals surface area contributed by atoms with Crippen molar-refractivity contribution in [3.8, 4) is 0 Å². The Hall–Kier alpha value is -0.160. The van der Waals surface area contributed by atoms with Gasteiger partial charge in [-0.25, -0.2) is 0 Å². The molecule has 0 radical (unpaired) electrons. The molecule has 0 bridgehead atoms. The fourth-order valence-electron chi connectivity index (χ4n) is 4.24. The molecule has 0 aliphatic carbocycles. The van der Waals surface area contributed by atoms with E-state index in [1.54, 1.807) is 0 Å². The van der Waals surface area contributed by atoms with Gasteiger partial charge in [-0.15, -0.1) is 0 Å². The maximum Gasteiger partial charge on any atom is 0.0510 e. The van der Waals surface area contributed by atoms with E-state index in [4.69, 9.17) is 4.74 Å². The van der Waals surface area contributed by atoms with E-state index in [2.05, 4.69) is 22.0 Å². The Morgan fingerprint density at radius 1 is 1.19 bits per heavy atom. The van der Waals surface area contributed by atoms with Crippen molar-refractivity contribution in [3.63, 3.8) is 0 Å². The van der Waals surface area contributed by atoms with Crippen molar-refractivity contribution >= 4 is 0 Å². The van der Waals surface area contributed by atoms with E-state index in [1.807, 2.05) is 0 Å². The molecule has 0 saturated carbocycles. The summed E-state index contributed by atoms with van der Waals surface area (Å²) in [5, 5.41) is 3.80. The van der Waals surface area contributed by atoms with Crippen molar-refractivity contribution in [1.82, 2.24) is 15.1 Å². The number of fused-ring (bicyclic) bond motifs is 1. The van der Waals surface area contributed by atoms with E-state index in [-0.39, 0.29) is 0 Å². The molecule has 3 aliphatic heterocycles. The standard InChI is InChI=1S/C17H33N3O/c1-2-7-18-17(15-6-11-21-14-15)13-19-9-10-20-8-4-3-5-16(20)12-19/h15-18H,2-14H2,1H3. The number of hydrogen-bond acceptors (Lipinski definition) is 4. The van der Waals surface area contributed by atoms with Crippen molar-refractivity contribution in [2.24, 2.45) is 5.92 Å². The molecule has 0 aromatic carbocycles. The Morgan fingerprint density at radius 2 is 2.14 bits per heavy atom. The van der Waals surface area contributed by atoms with Crippen LogP contribution in [0.3, 0.4) is 0 Å². The molecule has 0 aromatic heterocycles. The third-order valence-electron chi connectivity index (χ3n) is 5.57. The van der Waals surface area contributed by atoms with Crippen LogP contribution in [0.1, 0.15) is 39.0 Å². The number of ether oxygens (including phenoxy) is 1. The Morgan fingerprint density at radius 3 is 2.95 bits per heavy atom. The quantitative estimate of drug-likeness (QED) is 0.805. The lowest BCUT2D eigenvalue weighted by atomic mass is 9.96. The average molecular weight is 295 g/mol. The van der Waals surface area contributed by atoms with Gasteiger partial charge in [0.1, 0.15) is 0 Å². The first kappa shape index (κ1) is 15.7. The molecule has 122 valence electrons. The summed E-state index contributed by atoms with van der Waals surface area (Å²) in [6.07, 6.45) is 6.72. The topological polar surface area (TPSA) is 27.7 Å². The smallest absolute Gasteiger partial charge is 0.0510 e. The Bertz CT molecular complexity index is 306. The van der Waals surface area contributed by atoms with Crippen molar-refractivity contribution in [3.05, 3.63) is 0 Å². The summed E-state index contributed by atoms with van der Waals surface area (Å²) < 4.78 is 5.63. The fourth-order valence-corrected chi connectivity index (χ4v) is 4.24. The molecule has 3 aliphatic rings. The number of piperazine rings is 1. The van der Waals surface area contributed by atoms with Gasteiger partial charge < -0.3 is 10.1 Å². The van der Waals surface area contributed by atoms with Gasteiger partial charge in [-0.05, 0) is 38.8 Å². The second kappa shape index (κ2) is 7.91. The number of hydrogen-bond donors (Lipinski definition) is 1. The van der Waals surface area contributed by atoms with Gasteiger partial charge in [-0.3, -0.25) is 9.80 Å². The Kier molecular flexibility index (Phi) is 5.92. The second-order valence-electron chi connectivity index (χ2n) is 7.13. The monoisotopic (exact) mass is 295 g/mol. The molecule has 0 aromatic rings. The summed E-state index contributed by atoms with van der Waals surface area (Å²) in [6, 6.07) is 1.46. The molecule has 21 heavy (non-hydrogen) atoms. The predicted octanol–water partition coefficient (Wildman–Crippen LogP) is 1.56. The van der Waals surface area contributed by atoms with Crippen molar-refractivity contribution in [2.75, 3.05) is 52.5 Å². The van der Waals surface area contributed by atoms with Crippen LogP contribution in [0.15, 0.2) is 0 Å². The SMILES string of the molecule is CCCNC(CN1CCN2CCCCC2C1)C1CCOC1. The average Bonchev–Trinajstić information content (AvgIpc) is 3.05. The van der Waals surface area contributed by atoms with Crippen LogP contribution in [-0.4, -0.2) is 74.4 Å². The molecule has 3 unspecified atom stereocenters. The highest BCUT2D eigenvalue weighted by atomic mass is 16.5. The van der Waals surface area contributed by atoms with Crippen LogP contribution in [0.25, 0.3) is 0 Å². The van der Waals surface area contributed by atoms with E-state index in [0.717, 1.165) is 31.7 Å². The number of piperidine rings is 1. The fraction of sp³-hybridized carbons (Fsp3) is 1.00. The summed E-state index contributed by atoms with van der Waals surface area (Å²) >= 11 is 0. The number of rotatable bonds is 6. The van der Waals surface area contributed by atoms with Crippen LogP contribution in [0.5, 0.6) is 0 Å². The van der Waals surface area contributed by atoms with Crippen LogP contribution >= 0.6 is 0 Å². The molecule has 3 rings (SSSR count). The van der Waals surface area contributed by atoms with Crippen molar-refractivity contribution in [2.45, 2.75) is 51.1 Å². The lowest BCUT2D eigenvalue weighted by Crippen LogP contribution is -2.57. The molecular formula is C17H33N3O. The van der Waals surface area contributed by atoms with Gasteiger partial charge in [-0.2, -0.15) is 0 Å². The minimum absolute atomic E-state index is 0.627. The van der Waals surface area contributed by atoms with Crippen LogP contribution < -0.4 is 5.32 Å². The lowest BCUT2D eigenvalue weighted by Gasteiger charge is -2.45.